The van der Waals surface area contributed by atoms with Crippen molar-refractivity contribution in [1.82, 2.24) is 21.3 Å². The van der Waals surface area contributed by atoms with Gasteiger partial charge in [-0.2, -0.15) is 0 Å². The van der Waals surface area contributed by atoms with E-state index in [9.17, 15) is 48.3 Å². The number of anilines is 1. The molecule has 420 valence electrons. The SMILES string of the molecule is CC.CC(=O)OCc1ccc(NC(=O)CNC=O)c(OC2CC(O)CC(C(=O)O)O2)c1.CC(C)C(=O)CCOCCOCCOCCOCCC(=O)NC(=O)NC(C)C(C)C.CCC(=O)O.CCCNC(N)=O. The lowest BCUT2D eigenvalue weighted by Gasteiger charge is -2.31. The van der Waals surface area contributed by atoms with Gasteiger partial charge >= 0.3 is 30.0 Å². The van der Waals surface area contributed by atoms with E-state index in [1.165, 1.54) is 19.1 Å². The summed E-state index contributed by atoms with van der Waals surface area (Å²) in [4.78, 5) is 98.3. The molecule has 1 fully saturated rings. The van der Waals surface area contributed by atoms with E-state index in [4.69, 9.17) is 49.1 Å². The minimum Gasteiger partial charge on any atom is -0.481 e. The predicted molar refractivity (Wildman–Crippen MR) is 267 cm³/mol. The van der Waals surface area contributed by atoms with Gasteiger partial charge in [0.2, 0.25) is 24.5 Å². The number of aliphatic hydroxyl groups excluding tert-OH is 1. The molecule has 0 saturated carbocycles. The van der Waals surface area contributed by atoms with Crippen LogP contribution in [0.5, 0.6) is 5.75 Å². The molecule has 1 aliphatic rings. The number of imide groups is 1. The van der Waals surface area contributed by atoms with E-state index in [1.807, 2.05) is 55.4 Å². The van der Waals surface area contributed by atoms with Crippen molar-refractivity contribution in [1.29, 1.82) is 0 Å². The third kappa shape index (κ3) is 43.3. The molecule has 1 saturated heterocycles. The summed E-state index contributed by atoms with van der Waals surface area (Å²) in [6.07, 6.45) is -1.21. The Kier molecular flexibility index (Phi) is 44.8. The highest BCUT2D eigenvalue weighted by molar-refractivity contribution is 5.95. The minimum absolute atomic E-state index is 0.0110. The van der Waals surface area contributed by atoms with E-state index in [1.54, 1.807) is 13.0 Å². The van der Waals surface area contributed by atoms with E-state index in [0.717, 1.165) is 6.42 Å². The quantitative estimate of drug-likeness (QED) is 0.0303. The van der Waals surface area contributed by atoms with Crippen LogP contribution in [0.3, 0.4) is 0 Å². The van der Waals surface area contributed by atoms with Gasteiger partial charge in [-0.05, 0) is 37.0 Å². The minimum atomic E-state index is -1.23. The molecule has 4 atom stereocenters. The van der Waals surface area contributed by atoms with Crippen LogP contribution in [0.1, 0.15) is 113 Å². The standard InChI is InChI=1S/C21H40N2O7.C18H22N2O9.C4H10N2O.C3H6O2.C2H6/c1-16(2)18(5)22-21(26)23-20(25)7-9-28-11-13-30-15-14-29-12-10-27-8-6-19(24)17(3)4;1-10(22)27-8-11-2-3-13(20-16(24)7-19-9-21)14(4-11)28-17-6-12(23)5-15(29-17)18(25)26;1-2-3-6-4(5)7;1-2-3(4)5;1-2/h16-18H,6-15H2,1-5H3,(H2,22,23,25,26);2-4,9,12,15,17,23H,5-8H2,1H3,(H,19,21)(H,20,24)(H,25,26);2-3H2,1H3,(H3,5,6,7);2H2,1H3,(H,4,5);1-2H3. The van der Waals surface area contributed by atoms with Crippen LogP contribution >= 0.6 is 0 Å². The summed E-state index contributed by atoms with van der Waals surface area (Å²) in [6, 6.07) is 3.64. The molecule has 1 heterocycles. The van der Waals surface area contributed by atoms with Gasteiger partial charge in [0, 0.05) is 51.1 Å². The molecule has 0 bridgehead atoms. The zero-order chi connectivity index (χ0) is 56.1. The summed E-state index contributed by atoms with van der Waals surface area (Å²) in [6.45, 7) is 22.0. The summed E-state index contributed by atoms with van der Waals surface area (Å²) in [5, 5.41) is 38.9. The fourth-order valence-corrected chi connectivity index (χ4v) is 4.84. The number of urea groups is 2. The van der Waals surface area contributed by atoms with Gasteiger partial charge in [0.15, 0.2) is 6.10 Å². The molecule has 4 unspecified atom stereocenters. The van der Waals surface area contributed by atoms with Crippen LogP contribution in [0.15, 0.2) is 18.2 Å². The summed E-state index contributed by atoms with van der Waals surface area (Å²) >= 11 is 0. The number of carboxylic acids is 2. The van der Waals surface area contributed by atoms with Gasteiger partial charge in [-0.3, -0.25) is 34.1 Å². The molecule has 10 N–H and O–H groups in total. The number of esters is 1. The van der Waals surface area contributed by atoms with Crippen LogP contribution in [-0.2, 0) is 68.6 Å². The zero-order valence-corrected chi connectivity index (χ0v) is 44.2. The number of primary amides is 1. The number of aliphatic carboxylic acids is 2. The number of ketones is 1. The maximum atomic E-state index is 11.9. The molecule has 1 aromatic carbocycles. The fraction of sp³-hybridized carbons (Fsp3) is 0.688. The van der Waals surface area contributed by atoms with Gasteiger partial charge in [0.05, 0.1) is 77.6 Å². The first-order chi connectivity index (χ1) is 34.6. The maximum absolute atomic E-state index is 11.9. The van der Waals surface area contributed by atoms with Crippen molar-refractivity contribution in [3.63, 3.8) is 0 Å². The van der Waals surface area contributed by atoms with Crippen molar-refractivity contribution < 1.29 is 91.6 Å². The van der Waals surface area contributed by atoms with E-state index in [0.29, 0.717) is 77.1 Å². The van der Waals surface area contributed by atoms with Crippen molar-refractivity contribution in [2.75, 3.05) is 71.3 Å². The third-order valence-electron chi connectivity index (χ3n) is 9.10. The van der Waals surface area contributed by atoms with Crippen molar-refractivity contribution in [3.05, 3.63) is 23.8 Å². The van der Waals surface area contributed by atoms with Crippen LogP contribution < -0.4 is 37.1 Å². The highest BCUT2D eigenvalue weighted by atomic mass is 16.7. The Balaban J connectivity index is -0.00000106. The first-order valence-electron chi connectivity index (χ1n) is 24.2. The Morgan fingerprint density at radius 2 is 1.37 bits per heavy atom. The molecule has 25 nitrogen and oxygen atoms in total. The lowest BCUT2D eigenvalue weighted by molar-refractivity contribution is -0.195. The third-order valence-corrected chi connectivity index (χ3v) is 9.10. The average molecular weight is 1050 g/mol. The van der Waals surface area contributed by atoms with Gasteiger partial charge in [0.25, 0.3) is 0 Å². The summed E-state index contributed by atoms with van der Waals surface area (Å²) in [5.74, 6) is -2.69. The molecule has 7 amide bonds. The first kappa shape index (κ1) is 71.3. The summed E-state index contributed by atoms with van der Waals surface area (Å²) < 4.78 is 37.3. The Hall–Kier alpha value is -5.99. The molecular formula is C48H84N6O19. The lowest BCUT2D eigenvalue weighted by Crippen LogP contribution is -2.45. The fourth-order valence-electron chi connectivity index (χ4n) is 4.84. The zero-order valence-electron chi connectivity index (χ0n) is 44.2. The molecule has 0 spiro atoms. The summed E-state index contributed by atoms with van der Waals surface area (Å²) in [7, 11) is 0. The number of hydrogen-bond donors (Lipinski definition) is 9. The number of benzene rings is 1. The van der Waals surface area contributed by atoms with Crippen LogP contribution in [0, 0.1) is 11.8 Å². The number of aliphatic hydroxyl groups is 1. The van der Waals surface area contributed by atoms with E-state index >= 15 is 0 Å². The monoisotopic (exact) mass is 1050 g/mol. The van der Waals surface area contributed by atoms with Crippen molar-refractivity contribution in [2.24, 2.45) is 17.6 Å². The number of rotatable bonds is 30. The normalized spacial score (nSPS) is 14.7. The highest BCUT2D eigenvalue weighted by Crippen LogP contribution is 2.31. The molecule has 0 radical (unpaired) electrons. The van der Waals surface area contributed by atoms with E-state index in [-0.39, 0.29) is 80.5 Å². The smallest absolute Gasteiger partial charge is 0.333 e. The molecule has 2 rings (SSSR count). The summed E-state index contributed by atoms with van der Waals surface area (Å²) in [5.41, 5.74) is 5.50. The predicted octanol–water partition coefficient (Wildman–Crippen LogP) is 3.26. The van der Waals surface area contributed by atoms with Crippen molar-refractivity contribution >= 4 is 59.7 Å². The number of carbonyl (C=O) groups excluding carboxylic acids is 7. The van der Waals surface area contributed by atoms with Crippen LogP contribution in [0.2, 0.25) is 0 Å². The molecule has 73 heavy (non-hydrogen) atoms. The highest BCUT2D eigenvalue weighted by Gasteiger charge is 2.34. The van der Waals surface area contributed by atoms with E-state index < -0.39 is 54.4 Å². The number of amides is 7. The van der Waals surface area contributed by atoms with Crippen molar-refractivity contribution in [2.45, 2.75) is 139 Å². The Labute approximate surface area is 428 Å². The van der Waals surface area contributed by atoms with Gasteiger partial charge in [0.1, 0.15) is 18.1 Å². The number of nitrogens with two attached hydrogens (primary N) is 1. The Morgan fingerprint density at radius 3 is 1.82 bits per heavy atom. The van der Waals surface area contributed by atoms with Crippen LogP contribution in [0.25, 0.3) is 0 Å². The van der Waals surface area contributed by atoms with Gasteiger partial charge < -0.3 is 75.5 Å². The lowest BCUT2D eigenvalue weighted by atomic mass is 10.1. The van der Waals surface area contributed by atoms with E-state index in [2.05, 4.69) is 26.6 Å². The van der Waals surface area contributed by atoms with Crippen LogP contribution in [0.4, 0.5) is 15.3 Å². The number of ether oxygens (including phenoxy) is 7. The van der Waals surface area contributed by atoms with Crippen LogP contribution in [-0.4, -0.2) is 160 Å². The van der Waals surface area contributed by atoms with Crippen molar-refractivity contribution in [3.8, 4) is 5.75 Å². The molecular weight excluding hydrogens is 965 g/mol. The Morgan fingerprint density at radius 1 is 0.822 bits per heavy atom. The second kappa shape index (κ2) is 45.8. The molecule has 1 aliphatic heterocycles. The first-order valence-corrected chi connectivity index (χ1v) is 24.2. The molecule has 0 aliphatic carbocycles. The number of carboxylic acid groups (broad SMARTS) is 2. The Bertz CT molecular complexity index is 1740. The largest absolute Gasteiger partial charge is 0.481 e. The molecule has 25 heteroatoms. The average Bonchev–Trinajstić information content (AvgIpc) is 3.33. The molecule has 0 aromatic heterocycles. The second-order valence-corrected chi connectivity index (χ2v) is 16.0. The molecule has 1 aromatic rings. The van der Waals surface area contributed by atoms with Gasteiger partial charge in [-0.25, -0.2) is 14.4 Å². The van der Waals surface area contributed by atoms with Gasteiger partial charge in [-0.1, -0.05) is 61.5 Å². The maximum Gasteiger partial charge on any atom is 0.333 e. The topological polar surface area (TPSA) is 365 Å². The number of Topliss-reactive ketones (excluding diaryl/α,β-unsaturated/α-hetero) is 1. The number of carbonyl (C=O) groups is 9. The second-order valence-electron chi connectivity index (χ2n) is 16.0. The number of nitrogens with one attached hydrogen (secondary N) is 5. The number of hydrogen-bond acceptors (Lipinski definition) is 17. The van der Waals surface area contributed by atoms with Gasteiger partial charge in [-0.15, -0.1) is 0 Å².